The van der Waals surface area contributed by atoms with Crippen LogP contribution in [0.1, 0.15) is 26.3 Å². The summed E-state index contributed by atoms with van der Waals surface area (Å²) in [6.07, 6.45) is 12.6. The minimum atomic E-state index is 0.0431. The number of rotatable bonds is 2. The van der Waals surface area contributed by atoms with E-state index in [1.165, 1.54) is 15.4 Å². The van der Waals surface area contributed by atoms with Crippen molar-refractivity contribution in [3.63, 3.8) is 0 Å². The van der Waals surface area contributed by atoms with Crippen LogP contribution in [-0.4, -0.2) is 6.04 Å². The van der Waals surface area contributed by atoms with Crippen LogP contribution in [0, 0.1) is 0 Å². The number of ether oxygens (including phenoxy) is 1. The number of hydrogen-bond acceptors (Lipinski definition) is 3. The van der Waals surface area contributed by atoms with Gasteiger partial charge in [0, 0.05) is 32.2 Å². The van der Waals surface area contributed by atoms with Crippen LogP contribution in [0.3, 0.4) is 0 Å². The molecule has 1 atom stereocenters. The van der Waals surface area contributed by atoms with Gasteiger partial charge in [-0.25, -0.2) is 0 Å². The third-order valence-corrected chi connectivity index (χ3v) is 6.33. The number of fused-ring (bicyclic) bond motifs is 5. The van der Waals surface area contributed by atoms with Gasteiger partial charge in [-0.2, -0.15) is 0 Å². The number of benzene rings is 1. The summed E-state index contributed by atoms with van der Waals surface area (Å²) >= 11 is 1.76. The van der Waals surface area contributed by atoms with E-state index in [1.807, 2.05) is 25.1 Å². The molecule has 1 aliphatic carbocycles. The maximum absolute atomic E-state index is 6.32. The second kappa shape index (κ2) is 7.84. The van der Waals surface area contributed by atoms with Crippen LogP contribution >= 0.6 is 11.8 Å². The largest absolute Gasteiger partial charge is 0.456 e. The third-order valence-electron chi connectivity index (χ3n) is 5.15. The number of thioether (sulfide) groups is 1. The molecule has 1 aromatic rings. The van der Waals surface area contributed by atoms with E-state index in [2.05, 4.69) is 74.8 Å². The Morgan fingerprint density at radius 3 is 2.79 bits per heavy atom. The summed E-state index contributed by atoms with van der Waals surface area (Å²) < 4.78 is 6.32. The van der Waals surface area contributed by atoms with Gasteiger partial charge in [0.05, 0.1) is 6.04 Å². The Bertz CT molecular complexity index is 1090. The molecule has 4 aliphatic rings. The normalized spacial score (nSPS) is 25.8. The lowest BCUT2D eigenvalue weighted by Crippen LogP contribution is -2.29. The molecule has 3 aliphatic heterocycles. The maximum Gasteiger partial charge on any atom is 0.135 e. The molecule has 0 amide bonds. The average molecular weight is 400 g/mol. The van der Waals surface area contributed by atoms with Gasteiger partial charge in [0.25, 0.3) is 0 Å². The van der Waals surface area contributed by atoms with Gasteiger partial charge < -0.3 is 10.1 Å². The van der Waals surface area contributed by atoms with Crippen molar-refractivity contribution in [3.8, 4) is 5.75 Å². The van der Waals surface area contributed by atoms with Crippen molar-refractivity contribution in [1.82, 2.24) is 5.32 Å². The fourth-order valence-electron chi connectivity index (χ4n) is 3.88. The van der Waals surface area contributed by atoms with Crippen LogP contribution in [0.5, 0.6) is 5.75 Å². The summed E-state index contributed by atoms with van der Waals surface area (Å²) in [4.78, 5) is 2.37. The molecule has 0 spiro atoms. The molecule has 3 heterocycles. The van der Waals surface area contributed by atoms with Crippen molar-refractivity contribution in [1.29, 1.82) is 0 Å². The molecule has 29 heavy (non-hydrogen) atoms. The Morgan fingerprint density at radius 2 is 2.07 bits per heavy atom. The summed E-state index contributed by atoms with van der Waals surface area (Å²) in [5, 5.41) is 3.63. The first-order chi connectivity index (χ1) is 14.0. The summed E-state index contributed by atoms with van der Waals surface area (Å²) in [6, 6.07) is 8.28. The van der Waals surface area contributed by atoms with Gasteiger partial charge in [-0.15, -0.1) is 0 Å². The zero-order valence-electron chi connectivity index (χ0n) is 17.1. The van der Waals surface area contributed by atoms with E-state index in [0.717, 1.165) is 39.5 Å². The standard InChI is InChI=1S/C26H25NOS/c1-6-10-21-24(7-2)29-17(5)26(16(3)4)27-18-13-14-20-23(15-18)28-22-12-9-8-11-19(22)25(20)21/h6-15,18,27H,1,3H2,2,4-5H3/b21-10+,24-7+,26-17-. The first kappa shape index (κ1) is 19.4. The van der Waals surface area contributed by atoms with Gasteiger partial charge in [-0.1, -0.05) is 73.5 Å². The van der Waals surface area contributed by atoms with E-state index >= 15 is 0 Å². The predicted octanol–water partition coefficient (Wildman–Crippen LogP) is 6.82. The SMILES string of the molecule is C=C/C=C1/C2=C3C=CC(C=C3Oc3ccccc32)N/C(C(=C)C)=C(/C)S/C1=C/C. The van der Waals surface area contributed by atoms with Gasteiger partial charge in [0.15, 0.2) is 0 Å². The molecule has 3 heteroatoms. The third kappa shape index (κ3) is 3.47. The number of hydrogen-bond donors (Lipinski definition) is 1. The van der Waals surface area contributed by atoms with Crippen molar-refractivity contribution in [2.24, 2.45) is 0 Å². The zero-order valence-corrected chi connectivity index (χ0v) is 17.9. The molecule has 2 nitrogen and oxygen atoms in total. The average Bonchev–Trinajstić information content (AvgIpc) is 2.74. The quantitative estimate of drug-likeness (QED) is 0.590. The van der Waals surface area contributed by atoms with Gasteiger partial charge in [0.1, 0.15) is 11.5 Å². The molecule has 0 fully saturated rings. The highest BCUT2D eigenvalue weighted by Gasteiger charge is 2.30. The van der Waals surface area contributed by atoms with Crippen LogP contribution in [0.4, 0.5) is 0 Å². The van der Waals surface area contributed by atoms with Crippen LogP contribution < -0.4 is 10.1 Å². The molecule has 4 bridgehead atoms. The van der Waals surface area contributed by atoms with E-state index < -0.39 is 0 Å². The van der Waals surface area contributed by atoms with Crippen LogP contribution in [0.25, 0.3) is 5.57 Å². The van der Waals surface area contributed by atoms with Crippen LogP contribution in [0.2, 0.25) is 0 Å². The van der Waals surface area contributed by atoms with Crippen molar-refractivity contribution >= 4 is 17.3 Å². The fourth-order valence-corrected chi connectivity index (χ4v) is 4.94. The second-order valence-corrected chi connectivity index (χ2v) is 8.49. The molecule has 1 unspecified atom stereocenters. The Kier molecular flexibility index (Phi) is 5.25. The minimum Gasteiger partial charge on any atom is -0.456 e. The van der Waals surface area contributed by atoms with E-state index in [-0.39, 0.29) is 6.04 Å². The topological polar surface area (TPSA) is 21.3 Å². The van der Waals surface area contributed by atoms with Gasteiger partial charge >= 0.3 is 0 Å². The highest BCUT2D eigenvalue weighted by atomic mass is 32.2. The monoisotopic (exact) mass is 399 g/mol. The lowest BCUT2D eigenvalue weighted by Gasteiger charge is -2.29. The smallest absolute Gasteiger partial charge is 0.135 e. The lowest BCUT2D eigenvalue weighted by atomic mass is 9.86. The zero-order chi connectivity index (χ0) is 20.5. The Morgan fingerprint density at radius 1 is 1.28 bits per heavy atom. The maximum atomic E-state index is 6.32. The van der Waals surface area contributed by atoms with Crippen molar-refractivity contribution in [2.75, 3.05) is 0 Å². The lowest BCUT2D eigenvalue weighted by molar-refractivity contribution is 0.426. The Hall–Kier alpha value is -2.91. The first-order valence-corrected chi connectivity index (χ1v) is 10.6. The molecular weight excluding hydrogens is 374 g/mol. The predicted molar refractivity (Wildman–Crippen MR) is 125 cm³/mol. The minimum absolute atomic E-state index is 0.0431. The van der Waals surface area contributed by atoms with Crippen molar-refractivity contribution < 1.29 is 4.74 Å². The number of para-hydroxylation sites is 1. The molecular formula is C26H25NOS. The summed E-state index contributed by atoms with van der Waals surface area (Å²) in [7, 11) is 0. The Labute approximate surface area is 177 Å². The van der Waals surface area contributed by atoms with Crippen molar-refractivity contribution in [2.45, 2.75) is 26.8 Å². The van der Waals surface area contributed by atoms with Gasteiger partial charge in [0.2, 0.25) is 0 Å². The van der Waals surface area contributed by atoms with Gasteiger partial charge in [-0.05, 0) is 44.1 Å². The van der Waals surface area contributed by atoms with E-state index in [1.54, 1.807) is 11.8 Å². The molecule has 0 aromatic heterocycles. The van der Waals surface area contributed by atoms with Crippen molar-refractivity contribution in [3.05, 3.63) is 117 Å². The molecule has 5 rings (SSSR count). The summed E-state index contributed by atoms with van der Waals surface area (Å²) in [6.45, 7) is 14.4. The summed E-state index contributed by atoms with van der Waals surface area (Å²) in [5.41, 5.74) is 6.62. The van der Waals surface area contributed by atoms with Crippen LogP contribution in [-0.2, 0) is 0 Å². The Balaban J connectivity index is 2.04. The van der Waals surface area contributed by atoms with Crippen LogP contribution in [0.15, 0.2) is 112 Å². The van der Waals surface area contributed by atoms with E-state index in [9.17, 15) is 0 Å². The highest BCUT2D eigenvalue weighted by molar-refractivity contribution is 8.07. The van der Waals surface area contributed by atoms with E-state index in [4.69, 9.17) is 4.74 Å². The second-order valence-electron chi connectivity index (χ2n) is 7.23. The molecule has 1 aromatic carbocycles. The molecule has 146 valence electrons. The van der Waals surface area contributed by atoms with E-state index in [0.29, 0.717) is 0 Å². The molecule has 1 N–H and O–H groups in total. The molecule has 0 radical (unpaired) electrons. The summed E-state index contributed by atoms with van der Waals surface area (Å²) in [5.74, 6) is 1.76. The van der Waals surface area contributed by atoms with Gasteiger partial charge in [-0.3, -0.25) is 0 Å². The fraction of sp³-hybridized carbons (Fsp3) is 0.154. The molecule has 0 saturated carbocycles. The first-order valence-electron chi connectivity index (χ1n) is 9.76. The number of nitrogens with one attached hydrogen (secondary N) is 1. The highest BCUT2D eigenvalue weighted by Crippen LogP contribution is 2.48. The molecule has 0 saturated heterocycles. The number of allylic oxidation sites excluding steroid dienone is 8.